The highest BCUT2D eigenvalue weighted by molar-refractivity contribution is 5.69. The topological polar surface area (TPSA) is 112 Å². The summed E-state index contributed by atoms with van der Waals surface area (Å²) in [7, 11) is 0. The Bertz CT molecular complexity index is 1290. The number of aromatic nitrogens is 6. The molecule has 1 amide bonds. The molecule has 5 rings (SSSR count). The van der Waals surface area contributed by atoms with E-state index in [2.05, 4.69) is 25.4 Å². The van der Waals surface area contributed by atoms with Gasteiger partial charge < -0.3 is 9.26 Å². The summed E-state index contributed by atoms with van der Waals surface area (Å²) >= 11 is 0. The number of amides is 1. The Morgan fingerprint density at radius 3 is 2.71 bits per heavy atom. The van der Waals surface area contributed by atoms with Crippen molar-refractivity contribution >= 4 is 6.09 Å². The van der Waals surface area contributed by atoms with Gasteiger partial charge in [0, 0.05) is 18.3 Å². The second kappa shape index (κ2) is 9.28. The van der Waals surface area contributed by atoms with Crippen LogP contribution in [0.2, 0.25) is 0 Å². The number of benzene rings is 1. The summed E-state index contributed by atoms with van der Waals surface area (Å²) in [5.74, 6) is 0.915. The van der Waals surface area contributed by atoms with Crippen LogP contribution in [0.15, 0.2) is 59.4 Å². The number of hydrogen-bond acceptors (Lipinski definition) is 8. The smallest absolute Gasteiger partial charge is 0.410 e. The van der Waals surface area contributed by atoms with Crippen LogP contribution in [0.1, 0.15) is 51.1 Å². The number of pyridine rings is 1. The summed E-state index contributed by atoms with van der Waals surface area (Å²) in [5.41, 5.74) is 2.85. The monoisotopic (exact) mass is 473 g/mol. The molecule has 1 saturated heterocycles. The zero-order chi connectivity index (χ0) is 24.4. The van der Waals surface area contributed by atoms with E-state index in [1.54, 1.807) is 15.8 Å². The number of ether oxygens (including phenoxy) is 1. The summed E-state index contributed by atoms with van der Waals surface area (Å²) in [6, 6.07) is 13.3. The number of carbonyl (C=O) groups excluding carboxylic acids is 1. The Hall–Kier alpha value is -4.08. The Morgan fingerprint density at radius 2 is 1.97 bits per heavy atom. The maximum absolute atomic E-state index is 12.6. The van der Waals surface area contributed by atoms with Crippen molar-refractivity contribution in [3.8, 4) is 22.8 Å². The summed E-state index contributed by atoms with van der Waals surface area (Å²) in [6.45, 7) is 6.74. The maximum Gasteiger partial charge on any atom is 0.410 e. The first-order valence-corrected chi connectivity index (χ1v) is 11.6. The number of rotatable bonds is 5. The molecule has 180 valence electrons. The molecule has 0 N–H and O–H groups in total. The molecule has 3 aromatic heterocycles. The molecule has 0 spiro atoms. The van der Waals surface area contributed by atoms with Crippen molar-refractivity contribution in [1.29, 1.82) is 0 Å². The fraction of sp³-hybridized carbons (Fsp3) is 0.360. The van der Waals surface area contributed by atoms with Gasteiger partial charge in [0.15, 0.2) is 0 Å². The predicted octanol–water partition coefficient (Wildman–Crippen LogP) is 4.51. The molecule has 10 heteroatoms. The van der Waals surface area contributed by atoms with Crippen LogP contribution in [0, 0.1) is 0 Å². The van der Waals surface area contributed by atoms with E-state index < -0.39 is 5.60 Å². The molecule has 4 aromatic rings. The van der Waals surface area contributed by atoms with E-state index in [9.17, 15) is 4.79 Å². The fourth-order valence-electron chi connectivity index (χ4n) is 4.00. The number of hydrogen-bond donors (Lipinski definition) is 0. The largest absolute Gasteiger partial charge is 0.444 e. The second-order valence-electron chi connectivity index (χ2n) is 9.50. The molecule has 1 atom stereocenters. The number of likely N-dealkylation sites (tertiary alicyclic amines) is 1. The van der Waals surface area contributed by atoms with Crippen LogP contribution in [-0.4, -0.2) is 53.3 Å². The van der Waals surface area contributed by atoms with E-state index in [0.29, 0.717) is 24.8 Å². The Kier molecular flexibility index (Phi) is 6.02. The van der Waals surface area contributed by atoms with Crippen molar-refractivity contribution in [2.75, 3.05) is 6.54 Å². The first-order chi connectivity index (χ1) is 16.9. The molecule has 0 unspecified atom stereocenters. The average molecular weight is 474 g/mol. The van der Waals surface area contributed by atoms with E-state index in [1.807, 2.05) is 69.4 Å². The van der Waals surface area contributed by atoms with Crippen LogP contribution in [0.4, 0.5) is 4.79 Å². The fourth-order valence-corrected chi connectivity index (χ4v) is 4.00. The van der Waals surface area contributed by atoms with Crippen molar-refractivity contribution in [1.82, 2.24) is 35.0 Å². The highest BCUT2D eigenvalue weighted by Crippen LogP contribution is 2.33. The maximum atomic E-state index is 12.6. The highest BCUT2D eigenvalue weighted by atomic mass is 16.6. The molecule has 0 bridgehead atoms. The lowest BCUT2D eigenvalue weighted by molar-refractivity contribution is 0.0199. The number of carbonyl (C=O) groups is 1. The van der Waals surface area contributed by atoms with Crippen LogP contribution < -0.4 is 0 Å². The molecular weight excluding hydrogens is 446 g/mol. The van der Waals surface area contributed by atoms with Crippen LogP contribution >= 0.6 is 0 Å². The second-order valence-corrected chi connectivity index (χ2v) is 9.50. The van der Waals surface area contributed by atoms with Crippen molar-refractivity contribution in [2.45, 2.75) is 51.8 Å². The molecule has 4 heterocycles. The SMILES string of the molecule is CC(C)(C)OC(=O)N1CCC[C@H]1c1nc(-c2ccc(Cn3cc(-c4ccccn4)nn3)cc2)no1. The van der Waals surface area contributed by atoms with Gasteiger partial charge in [-0.15, -0.1) is 5.10 Å². The van der Waals surface area contributed by atoms with E-state index in [0.717, 1.165) is 35.4 Å². The Morgan fingerprint density at radius 1 is 1.14 bits per heavy atom. The van der Waals surface area contributed by atoms with Gasteiger partial charge in [0.1, 0.15) is 17.3 Å². The third kappa shape index (κ3) is 5.21. The van der Waals surface area contributed by atoms with Crippen molar-refractivity contribution in [3.05, 3.63) is 66.3 Å². The first-order valence-electron chi connectivity index (χ1n) is 11.6. The molecule has 10 nitrogen and oxygen atoms in total. The van der Waals surface area contributed by atoms with Gasteiger partial charge in [-0.3, -0.25) is 9.88 Å². The summed E-state index contributed by atoms with van der Waals surface area (Å²) < 4.78 is 12.9. The molecule has 1 aromatic carbocycles. The van der Waals surface area contributed by atoms with Crippen molar-refractivity contribution < 1.29 is 14.1 Å². The van der Waals surface area contributed by atoms with Crippen molar-refractivity contribution in [3.63, 3.8) is 0 Å². The van der Waals surface area contributed by atoms with Gasteiger partial charge in [0.25, 0.3) is 0 Å². The third-order valence-corrected chi connectivity index (χ3v) is 5.63. The van der Waals surface area contributed by atoms with Gasteiger partial charge in [-0.1, -0.05) is 40.7 Å². The predicted molar refractivity (Wildman–Crippen MR) is 127 cm³/mol. The molecule has 0 saturated carbocycles. The van der Waals surface area contributed by atoms with E-state index in [-0.39, 0.29) is 12.1 Å². The Balaban J connectivity index is 1.26. The summed E-state index contributed by atoms with van der Waals surface area (Å²) in [5, 5.41) is 12.6. The molecule has 35 heavy (non-hydrogen) atoms. The molecular formula is C25H27N7O3. The lowest BCUT2D eigenvalue weighted by Gasteiger charge is -2.26. The van der Waals surface area contributed by atoms with E-state index in [1.165, 1.54) is 0 Å². The Labute approximate surface area is 202 Å². The lowest BCUT2D eigenvalue weighted by atomic mass is 10.1. The minimum atomic E-state index is -0.557. The molecule has 1 aliphatic rings. The lowest BCUT2D eigenvalue weighted by Crippen LogP contribution is -2.36. The summed E-state index contributed by atoms with van der Waals surface area (Å²) in [4.78, 5) is 23.1. The zero-order valence-electron chi connectivity index (χ0n) is 20.0. The van der Waals surface area contributed by atoms with Crippen molar-refractivity contribution in [2.24, 2.45) is 0 Å². The normalized spacial score (nSPS) is 16.0. The van der Waals surface area contributed by atoms with E-state index >= 15 is 0 Å². The molecule has 0 aliphatic carbocycles. The summed E-state index contributed by atoms with van der Waals surface area (Å²) in [6.07, 6.45) is 4.87. The minimum Gasteiger partial charge on any atom is -0.444 e. The van der Waals surface area contributed by atoms with E-state index in [4.69, 9.17) is 9.26 Å². The van der Waals surface area contributed by atoms with Crippen LogP contribution in [-0.2, 0) is 11.3 Å². The van der Waals surface area contributed by atoms with Gasteiger partial charge >= 0.3 is 6.09 Å². The zero-order valence-corrected chi connectivity index (χ0v) is 20.0. The quantitative estimate of drug-likeness (QED) is 0.416. The van der Waals surface area contributed by atoms with Gasteiger partial charge in [-0.05, 0) is 51.3 Å². The third-order valence-electron chi connectivity index (χ3n) is 5.63. The van der Waals surface area contributed by atoms with Crippen LogP contribution in [0.5, 0.6) is 0 Å². The average Bonchev–Trinajstić information content (AvgIpc) is 3.59. The molecule has 0 radical (unpaired) electrons. The molecule has 1 fully saturated rings. The van der Waals surface area contributed by atoms with Gasteiger partial charge in [-0.2, -0.15) is 4.98 Å². The molecule has 1 aliphatic heterocycles. The minimum absolute atomic E-state index is 0.272. The standard InChI is InChI=1S/C25H27N7O3/c1-25(2,3)34-24(33)32-14-6-8-21(32)23-27-22(29-35-23)18-11-9-17(10-12-18)15-31-16-20(28-30-31)19-7-4-5-13-26-19/h4-5,7,9-13,16,21H,6,8,14-15H2,1-3H3/t21-/m0/s1. The van der Waals surface area contributed by atoms with Gasteiger partial charge in [-0.25, -0.2) is 9.48 Å². The van der Waals surface area contributed by atoms with Crippen LogP contribution in [0.3, 0.4) is 0 Å². The highest BCUT2D eigenvalue weighted by Gasteiger charge is 2.36. The van der Waals surface area contributed by atoms with Gasteiger partial charge in [0.2, 0.25) is 11.7 Å². The first kappa shape index (κ1) is 22.7. The van der Waals surface area contributed by atoms with Gasteiger partial charge in [0.05, 0.1) is 18.4 Å². The number of nitrogens with zero attached hydrogens (tertiary/aromatic N) is 7. The van der Waals surface area contributed by atoms with Crippen LogP contribution in [0.25, 0.3) is 22.8 Å².